The highest BCUT2D eigenvalue weighted by Gasteiger charge is 2.18. The van der Waals surface area contributed by atoms with Crippen LogP contribution < -0.4 is 10.3 Å². The van der Waals surface area contributed by atoms with Gasteiger partial charge in [-0.1, -0.05) is 35.9 Å². The van der Waals surface area contributed by atoms with Crippen molar-refractivity contribution in [3.05, 3.63) is 93.7 Å². The molecule has 0 radical (unpaired) electrons. The lowest BCUT2D eigenvalue weighted by molar-refractivity contribution is -0.150. The summed E-state index contributed by atoms with van der Waals surface area (Å²) < 4.78 is 18.0. The predicted molar refractivity (Wildman–Crippen MR) is 142 cm³/mol. The van der Waals surface area contributed by atoms with Crippen LogP contribution in [0.4, 0.5) is 0 Å². The van der Waals surface area contributed by atoms with Crippen LogP contribution in [0.15, 0.2) is 87.1 Å². The number of hydrogen-bond acceptors (Lipinski definition) is 7. The highest BCUT2D eigenvalue weighted by molar-refractivity contribution is 6.31. The molecule has 0 spiro atoms. The van der Waals surface area contributed by atoms with Gasteiger partial charge in [0, 0.05) is 16.0 Å². The van der Waals surface area contributed by atoms with Gasteiger partial charge < -0.3 is 13.9 Å². The van der Waals surface area contributed by atoms with Gasteiger partial charge >= 0.3 is 5.97 Å². The van der Waals surface area contributed by atoms with Crippen molar-refractivity contribution >= 4 is 45.7 Å². The summed E-state index contributed by atoms with van der Waals surface area (Å²) in [6, 6.07) is 21.1. The number of carbonyl (C=O) groups excluding carboxylic acids is 1. The average molecular weight is 516 g/mol. The Kier molecular flexibility index (Phi) is 6.74. The van der Waals surface area contributed by atoms with Crippen molar-refractivity contribution in [1.82, 2.24) is 9.66 Å². The van der Waals surface area contributed by atoms with Crippen molar-refractivity contribution in [2.45, 2.75) is 20.0 Å². The number of hydrogen-bond donors (Lipinski definition) is 0. The molecule has 9 heteroatoms. The van der Waals surface area contributed by atoms with Gasteiger partial charge in [0.2, 0.25) is 5.82 Å². The maximum absolute atomic E-state index is 13.5. The van der Waals surface area contributed by atoms with Gasteiger partial charge in [-0.2, -0.15) is 9.78 Å². The second kappa shape index (κ2) is 10.3. The molecule has 2 heterocycles. The molecule has 8 nitrogen and oxygen atoms in total. The van der Waals surface area contributed by atoms with E-state index in [4.69, 9.17) is 25.5 Å². The Morgan fingerprint density at radius 3 is 2.76 bits per heavy atom. The van der Waals surface area contributed by atoms with Crippen LogP contribution in [0.5, 0.6) is 5.75 Å². The van der Waals surface area contributed by atoms with Gasteiger partial charge in [-0.05, 0) is 62.4 Å². The number of benzene rings is 3. The van der Waals surface area contributed by atoms with Crippen LogP contribution in [0.25, 0.3) is 33.5 Å². The third-order valence-corrected chi connectivity index (χ3v) is 5.84. The molecule has 3 aromatic carbocycles. The molecular formula is C28H22ClN3O5. The Morgan fingerprint density at radius 2 is 1.92 bits per heavy atom. The van der Waals surface area contributed by atoms with E-state index in [-0.39, 0.29) is 18.0 Å². The average Bonchev–Trinajstić information content (AvgIpc) is 3.32. The first-order chi connectivity index (χ1) is 17.9. The van der Waals surface area contributed by atoms with Crippen molar-refractivity contribution in [1.29, 1.82) is 0 Å². The number of ether oxygens (including phenoxy) is 2. The Labute approximate surface area is 216 Å². The van der Waals surface area contributed by atoms with Crippen molar-refractivity contribution in [3.63, 3.8) is 0 Å². The van der Waals surface area contributed by atoms with Gasteiger partial charge in [-0.3, -0.25) is 4.79 Å². The van der Waals surface area contributed by atoms with E-state index in [9.17, 15) is 9.59 Å². The summed E-state index contributed by atoms with van der Waals surface area (Å²) in [5, 5.41) is 6.22. The molecule has 5 aromatic rings. The molecule has 0 N–H and O–H groups in total. The van der Waals surface area contributed by atoms with E-state index >= 15 is 0 Å². The Balaban J connectivity index is 1.61. The number of carbonyl (C=O) groups is 1. The molecule has 5 rings (SSSR count). The lowest BCUT2D eigenvalue weighted by Gasteiger charge is -2.15. The van der Waals surface area contributed by atoms with Gasteiger partial charge in [0.25, 0.3) is 5.56 Å². The molecule has 0 unspecified atom stereocenters. The Bertz CT molecular complexity index is 1710. The van der Waals surface area contributed by atoms with Gasteiger partial charge in [0.05, 0.1) is 23.7 Å². The van der Waals surface area contributed by atoms with E-state index in [1.807, 2.05) is 6.07 Å². The smallest absolute Gasteiger partial charge is 0.347 e. The van der Waals surface area contributed by atoms with Gasteiger partial charge in [0.15, 0.2) is 11.9 Å². The van der Waals surface area contributed by atoms with E-state index in [0.29, 0.717) is 38.6 Å². The zero-order valence-corrected chi connectivity index (χ0v) is 20.8. The molecule has 0 saturated heterocycles. The fourth-order valence-corrected chi connectivity index (χ4v) is 4.01. The van der Waals surface area contributed by atoms with E-state index in [1.54, 1.807) is 80.6 Å². The van der Waals surface area contributed by atoms with Crippen molar-refractivity contribution < 1.29 is 18.7 Å². The molecule has 0 fully saturated rings. The van der Waals surface area contributed by atoms with E-state index < -0.39 is 12.1 Å². The predicted octanol–water partition coefficient (Wildman–Crippen LogP) is 5.68. The molecule has 0 aliphatic heterocycles. The quantitative estimate of drug-likeness (QED) is 0.204. The summed E-state index contributed by atoms with van der Waals surface area (Å²) >= 11 is 6.14. The highest BCUT2D eigenvalue weighted by Crippen LogP contribution is 2.29. The molecular weight excluding hydrogens is 494 g/mol. The summed E-state index contributed by atoms with van der Waals surface area (Å²) in [6.07, 6.45) is 0.658. The first kappa shape index (κ1) is 24.3. The van der Waals surface area contributed by atoms with E-state index in [0.717, 1.165) is 5.39 Å². The third kappa shape index (κ3) is 4.96. The van der Waals surface area contributed by atoms with Crippen LogP contribution in [0.1, 0.15) is 19.4 Å². The number of esters is 1. The number of halogens is 1. The SMILES string of the molecule is CCOC(=O)[C@H](C)Oc1ccccc1C=Nn1c(-c2cc3cc(Cl)ccc3o2)nc2ccccc2c1=O. The monoisotopic (exact) mass is 515 g/mol. The largest absolute Gasteiger partial charge is 0.478 e. The second-order valence-electron chi connectivity index (χ2n) is 8.16. The standard InChI is InChI=1S/C28H22ClN3O5/c1-3-35-28(34)17(2)36-23-11-7-4-8-18(23)16-30-32-26(31-22-10-6-5-9-21(22)27(32)33)25-15-19-14-20(29)12-13-24(19)37-25/h4-17H,3H2,1-2H3/t17-/m0/s1. The Morgan fingerprint density at radius 1 is 1.14 bits per heavy atom. The molecule has 37 heavy (non-hydrogen) atoms. The number of rotatable bonds is 7. The molecule has 0 aliphatic carbocycles. The fourth-order valence-electron chi connectivity index (χ4n) is 3.83. The van der Waals surface area contributed by atoms with Crippen LogP contribution >= 0.6 is 11.6 Å². The van der Waals surface area contributed by atoms with Crippen LogP contribution in [-0.4, -0.2) is 34.6 Å². The number of nitrogens with zero attached hydrogens (tertiary/aromatic N) is 3. The van der Waals surface area contributed by atoms with Gasteiger partial charge in [-0.15, -0.1) is 0 Å². The number of fused-ring (bicyclic) bond motifs is 2. The van der Waals surface area contributed by atoms with Crippen LogP contribution in [-0.2, 0) is 9.53 Å². The number of aromatic nitrogens is 2. The van der Waals surface area contributed by atoms with Crippen molar-refractivity contribution in [2.24, 2.45) is 5.10 Å². The molecule has 0 aliphatic rings. The second-order valence-corrected chi connectivity index (χ2v) is 8.59. The zero-order chi connectivity index (χ0) is 25.9. The van der Waals surface area contributed by atoms with Crippen molar-refractivity contribution in [3.8, 4) is 17.3 Å². The van der Waals surface area contributed by atoms with E-state index in [2.05, 4.69) is 10.1 Å². The highest BCUT2D eigenvalue weighted by atomic mass is 35.5. The molecule has 2 aromatic heterocycles. The third-order valence-electron chi connectivity index (χ3n) is 5.61. The lowest BCUT2D eigenvalue weighted by Crippen LogP contribution is -2.26. The molecule has 0 amide bonds. The number of furan rings is 1. The molecule has 1 atom stereocenters. The zero-order valence-electron chi connectivity index (χ0n) is 20.1. The number of para-hydroxylation sites is 2. The minimum atomic E-state index is -0.822. The first-order valence-electron chi connectivity index (χ1n) is 11.6. The molecule has 0 bridgehead atoms. The van der Waals surface area contributed by atoms with Crippen molar-refractivity contribution in [2.75, 3.05) is 6.61 Å². The fraction of sp³-hybridized carbons (Fsp3) is 0.143. The van der Waals surface area contributed by atoms with Gasteiger partial charge in [0.1, 0.15) is 11.3 Å². The molecule has 186 valence electrons. The van der Waals surface area contributed by atoms with Crippen LogP contribution in [0.3, 0.4) is 0 Å². The summed E-state index contributed by atoms with van der Waals surface area (Å²) in [7, 11) is 0. The maximum atomic E-state index is 13.5. The summed E-state index contributed by atoms with van der Waals surface area (Å²) in [6.45, 7) is 3.59. The summed E-state index contributed by atoms with van der Waals surface area (Å²) in [4.78, 5) is 30.2. The summed E-state index contributed by atoms with van der Waals surface area (Å²) in [5.74, 6) is 0.522. The maximum Gasteiger partial charge on any atom is 0.347 e. The van der Waals surface area contributed by atoms with Crippen LogP contribution in [0.2, 0.25) is 5.02 Å². The molecule has 0 saturated carbocycles. The van der Waals surface area contributed by atoms with E-state index in [1.165, 1.54) is 10.9 Å². The normalized spacial score (nSPS) is 12.3. The minimum Gasteiger partial charge on any atom is -0.478 e. The minimum absolute atomic E-state index is 0.227. The topological polar surface area (TPSA) is 95.9 Å². The summed E-state index contributed by atoms with van der Waals surface area (Å²) in [5.41, 5.74) is 1.30. The van der Waals surface area contributed by atoms with Crippen LogP contribution in [0, 0.1) is 0 Å². The first-order valence-corrected chi connectivity index (χ1v) is 12.0. The lowest BCUT2D eigenvalue weighted by atomic mass is 10.2. The Hall–Kier alpha value is -4.43. The van der Waals surface area contributed by atoms with Gasteiger partial charge in [-0.25, -0.2) is 9.78 Å².